The zero-order valence-corrected chi connectivity index (χ0v) is 32.6. The highest BCUT2D eigenvalue weighted by atomic mass is 16.5. The van der Waals surface area contributed by atoms with Crippen molar-refractivity contribution in [1.82, 2.24) is 0 Å². The van der Waals surface area contributed by atoms with E-state index in [0.29, 0.717) is 17.3 Å². The van der Waals surface area contributed by atoms with E-state index in [1.165, 1.54) is 96.3 Å². The highest BCUT2D eigenvalue weighted by Gasteiger charge is 2.59. The fourth-order valence-corrected chi connectivity index (χ4v) is 11.5. The molecule has 0 amide bonds. The van der Waals surface area contributed by atoms with Crippen LogP contribution in [0.2, 0.25) is 0 Å². The molecule has 0 bridgehead atoms. The van der Waals surface area contributed by atoms with E-state index >= 15 is 0 Å². The Kier molecular flexibility index (Phi) is 15.7. The molecule has 3 saturated carbocycles. The van der Waals surface area contributed by atoms with Gasteiger partial charge in [-0.25, -0.2) is 0 Å². The van der Waals surface area contributed by atoms with E-state index in [9.17, 15) is 4.79 Å². The number of carbonyl (C=O) groups excluding carboxylic acids is 1. The Hall–Kier alpha value is -1.49. The van der Waals surface area contributed by atoms with E-state index < -0.39 is 0 Å². The molecule has 4 aliphatic carbocycles. The summed E-state index contributed by atoms with van der Waals surface area (Å²) in [6.45, 7) is 18.9. The number of hydrogen-bond acceptors (Lipinski definition) is 2. The normalized spacial score (nSPS) is 32.2. The molecule has 2 nitrogen and oxygen atoms in total. The van der Waals surface area contributed by atoms with Gasteiger partial charge >= 0.3 is 5.97 Å². The van der Waals surface area contributed by atoms with Crippen molar-refractivity contribution in [2.24, 2.45) is 52.3 Å². The minimum atomic E-state index is 0.0466. The average Bonchev–Trinajstić information content (AvgIpc) is 3.42. The van der Waals surface area contributed by atoms with Gasteiger partial charge in [0.1, 0.15) is 6.10 Å². The summed E-state index contributed by atoms with van der Waals surface area (Å²) in [5.74, 6) is 12.6. The second kappa shape index (κ2) is 19.2. The lowest BCUT2D eigenvalue weighted by Gasteiger charge is -2.58. The summed E-state index contributed by atoms with van der Waals surface area (Å²) in [6.07, 6.45) is 32.5. The van der Waals surface area contributed by atoms with Crippen LogP contribution >= 0.6 is 0 Å². The number of fused-ring (bicyclic) bond motifs is 5. The molecule has 0 radical (unpaired) electrons. The quantitative estimate of drug-likeness (QED) is 0.0596. The standard InChI is InChI=1S/C46H76O2/c1-8-10-11-12-13-14-15-16-17-18-19-20-21-22-23-44(47)48-39-30-32-45(6)38(34-39)26-27-40-42-29-28-41(46(42,7)33-31-43(40)45)36(5)24-25-37(9-2)35(3)4/h8,26,35-37,39-43H,1,9-11,14-25,27-34H2,2-7H3/t36-,37-,39+,40+,41-,42-,43+,45+,46-/m1/s1. The molecular formula is C46H76O2. The largest absolute Gasteiger partial charge is 0.462 e. The number of ether oxygens (including phenoxy) is 1. The molecule has 0 N–H and O–H groups in total. The summed E-state index contributed by atoms with van der Waals surface area (Å²) in [4.78, 5) is 12.8. The van der Waals surface area contributed by atoms with Crippen LogP contribution in [0.4, 0.5) is 0 Å². The Bertz CT molecular complexity index is 1090. The third-order valence-corrected chi connectivity index (χ3v) is 14.6. The van der Waals surface area contributed by atoms with E-state index in [0.717, 1.165) is 86.4 Å². The Balaban J connectivity index is 1.15. The monoisotopic (exact) mass is 661 g/mol. The zero-order chi connectivity index (χ0) is 34.6. The first kappa shape index (κ1) is 39.3. The van der Waals surface area contributed by atoms with Crippen LogP contribution in [0.3, 0.4) is 0 Å². The highest BCUT2D eigenvalue weighted by molar-refractivity contribution is 5.69. The van der Waals surface area contributed by atoms with Gasteiger partial charge in [-0.1, -0.05) is 111 Å². The molecule has 0 aromatic rings. The molecular weight excluding hydrogens is 585 g/mol. The van der Waals surface area contributed by atoms with Crippen molar-refractivity contribution in [1.29, 1.82) is 0 Å². The van der Waals surface area contributed by atoms with Crippen LogP contribution in [0.1, 0.15) is 189 Å². The third kappa shape index (κ3) is 10.1. The Morgan fingerprint density at radius 1 is 0.917 bits per heavy atom. The van der Waals surface area contributed by atoms with Crippen molar-refractivity contribution in [2.75, 3.05) is 0 Å². The topological polar surface area (TPSA) is 26.3 Å². The molecule has 4 aliphatic rings. The highest BCUT2D eigenvalue weighted by Crippen LogP contribution is 2.67. The Morgan fingerprint density at radius 2 is 1.62 bits per heavy atom. The molecule has 9 atom stereocenters. The van der Waals surface area contributed by atoms with E-state index in [1.807, 2.05) is 6.08 Å². The summed E-state index contributed by atoms with van der Waals surface area (Å²) in [5, 5.41) is 0. The van der Waals surface area contributed by atoms with Crippen LogP contribution in [0, 0.1) is 64.1 Å². The second-order valence-electron chi connectivity index (χ2n) is 17.8. The fraction of sp³-hybridized carbons (Fsp3) is 0.848. The van der Waals surface area contributed by atoms with Crippen molar-refractivity contribution in [3.63, 3.8) is 0 Å². The van der Waals surface area contributed by atoms with Crippen molar-refractivity contribution in [3.05, 3.63) is 24.3 Å². The van der Waals surface area contributed by atoms with E-state index in [-0.39, 0.29) is 12.1 Å². The Morgan fingerprint density at radius 3 is 2.33 bits per heavy atom. The molecule has 2 heteroatoms. The van der Waals surface area contributed by atoms with Gasteiger partial charge in [-0.05, 0) is 123 Å². The SMILES string of the molecule is C=CCCC#CCCCCCCCCCCC(=O)O[C@H]1CC[C@@]2(C)C(=CC[C@H]3[C@H]4CC[C@H]([C@H](C)CC[C@@H](CC)C(C)C)[C@@]4(C)CC[C@@H]32)C1. The van der Waals surface area contributed by atoms with Gasteiger partial charge in [-0.2, -0.15) is 0 Å². The number of rotatable bonds is 19. The van der Waals surface area contributed by atoms with Crippen molar-refractivity contribution < 1.29 is 9.53 Å². The van der Waals surface area contributed by atoms with Crippen molar-refractivity contribution >= 4 is 5.97 Å². The van der Waals surface area contributed by atoms with Crippen LogP contribution in [0.5, 0.6) is 0 Å². The van der Waals surface area contributed by atoms with Gasteiger partial charge in [-0.15, -0.1) is 18.4 Å². The number of carbonyl (C=O) groups is 1. The predicted octanol–water partition coefficient (Wildman–Crippen LogP) is 13.4. The van der Waals surface area contributed by atoms with E-state index in [4.69, 9.17) is 4.74 Å². The van der Waals surface area contributed by atoms with Gasteiger partial charge < -0.3 is 4.74 Å². The molecule has 0 heterocycles. The molecule has 48 heavy (non-hydrogen) atoms. The van der Waals surface area contributed by atoms with Crippen LogP contribution in [0.15, 0.2) is 24.3 Å². The van der Waals surface area contributed by atoms with Crippen LogP contribution in [-0.2, 0) is 9.53 Å². The Labute approximate surface area is 298 Å². The maximum atomic E-state index is 12.8. The molecule has 0 spiro atoms. The first-order valence-corrected chi connectivity index (χ1v) is 21.1. The van der Waals surface area contributed by atoms with Crippen LogP contribution < -0.4 is 0 Å². The van der Waals surface area contributed by atoms with Gasteiger partial charge in [-0.3, -0.25) is 4.79 Å². The molecule has 4 rings (SSSR count). The van der Waals surface area contributed by atoms with Gasteiger partial charge in [0.2, 0.25) is 0 Å². The van der Waals surface area contributed by atoms with Crippen molar-refractivity contribution in [2.45, 2.75) is 195 Å². The zero-order valence-electron chi connectivity index (χ0n) is 32.6. The summed E-state index contributed by atoms with van der Waals surface area (Å²) >= 11 is 0. The summed E-state index contributed by atoms with van der Waals surface area (Å²) in [7, 11) is 0. The average molecular weight is 661 g/mol. The third-order valence-electron chi connectivity index (χ3n) is 14.6. The molecule has 0 aliphatic heterocycles. The minimum Gasteiger partial charge on any atom is -0.462 e. The van der Waals surface area contributed by atoms with Gasteiger partial charge in [0, 0.05) is 25.7 Å². The predicted molar refractivity (Wildman–Crippen MR) is 205 cm³/mol. The molecule has 0 saturated heterocycles. The summed E-state index contributed by atoms with van der Waals surface area (Å²) < 4.78 is 6.13. The molecule has 272 valence electrons. The molecule has 3 fully saturated rings. The summed E-state index contributed by atoms with van der Waals surface area (Å²) in [6, 6.07) is 0. The minimum absolute atomic E-state index is 0.0466. The maximum absolute atomic E-state index is 12.8. The molecule has 0 aromatic heterocycles. The van der Waals surface area contributed by atoms with Gasteiger partial charge in [0.15, 0.2) is 0 Å². The fourth-order valence-electron chi connectivity index (χ4n) is 11.5. The van der Waals surface area contributed by atoms with Crippen LogP contribution in [0.25, 0.3) is 0 Å². The number of allylic oxidation sites excluding steroid dienone is 2. The van der Waals surface area contributed by atoms with Gasteiger partial charge in [0.25, 0.3) is 0 Å². The lowest BCUT2D eigenvalue weighted by atomic mass is 9.47. The molecule has 0 aromatic carbocycles. The van der Waals surface area contributed by atoms with Gasteiger partial charge in [0.05, 0.1) is 0 Å². The smallest absolute Gasteiger partial charge is 0.306 e. The number of unbranched alkanes of at least 4 members (excludes halogenated alkanes) is 9. The van der Waals surface area contributed by atoms with Crippen LogP contribution in [-0.4, -0.2) is 12.1 Å². The van der Waals surface area contributed by atoms with E-state index in [1.54, 1.807) is 5.57 Å². The van der Waals surface area contributed by atoms with Crippen molar-refractivity contribution in [3.8, 4) is 11.8 Å². The summed E-state index contributed by atoms with van der Waals surface area (Å²) in [5.41, 5.74) is 2.49. The van der Waals surface area contributed by atoms with E-state index in [2.05, 4.69) is 66.0 Å². The lowest BCUT2D eigenvalue weighted by molar-refractivity contribution is -0.151. The second-order valence-corrected chi connectivity index (χ2v) is 17.8. The molecule has 0 unspecified atom stereocenters. The lowest BCUT2D eigenvalue weighted by Crippen LogP contribution is -2.51. The maximum Gasteiger partial charge on any atom is 0.306 e. The number of esters is 1. The first-order valence-electron chi connectivity index (χ1n) is 21.1. The first-order chi connectivity index (χ1) is 23.1. The number of hydrogen-bond donors (Lipinski definition) is 0.